The number of ether oxygens (including phenoxy) is 2. The van der Waals surface area contributed by atoms with Gasteiger partial charge in [-0.3, -0.25) is 0 Å². The Bertz CT molecular complexity index is 1030. The summed E-state index contributed by atoms with van der Waals surface area (Å²) in [5.41, 5.74) is 5.27. The third kappa shape index (κ3) is 3.87. The Hall–Kier alpha value is -3.35. The number of aromatic nitrogens is 3. The van der Waals surface area contributed by atoms with Crippen molar-refractivity contribution in [1.82, 2.24) is 15.0 Å². The zero-order valence-electron chi connectivity index (χ0n) is 18.3. The van der Waals surface area contributed by atoms with Crippen LogP contribution < -0.4 is 19.3 Å². The van der Waals surface area contributed by atoms with Crippen LogP contribution in [-0.4, -0.2) is 42.3 Å². The molecule has 7 heteroatoms. The molecule has 1 aromatic heterocycles. The Labute approximate surface area is 182 Å². The molecule has 0 N–H and O–H groups in total. The third-order valence-electron chi connectivity index (χ3n) is 6.14. The maximum Gasteiger partial charge on any atom is 0.230 e. The lowest BCUT2D eigenvalue weighted by Crippen LogP contribution is -2.35. The van der Waals surface area contributed by atoms with Crippen molar-refractivity contribution in [3.63, 3.8) is 0 Å². The van der Waals surface area contributed by atoms with E-state index >= 15 is 0 Å². The molecule has 0 saturated carbocycles. The molecule has 0 unspecified atom stereocenters. The van der Waals surface area contributed by atoms with E-state index in [1.54, 1.807) is 14.2 Å². The maximum absolute atomic E-state index is 5.41. The second-order valence-corrected chi connectivity index (χ2v) is 8.10. The maximum atomic E-state index is 5.41. The zero-order valence-corrected chi connectivity index (χ0v) is 18.3. The Morgan fingerprint density at radius 1 is 0.677 bits per heavy atom. The first kappa shape index (κ1) is 19.6. The van der Waals surface area contributed by atoms with Gasteiger partial charge in [0.05, 0.1) is 14.2 Å². The van der Waals surface area contributed by atoms with Gasteiger partial charge in [-0.2, -0.15) is 15.0 Å². The number of aryl methyl sites for hydroxylation is 1. The topological polar surface area (TPSA) is 63.6 Å². The molecule has 2 aliphatic rings. The first-order valence-corrected chi connectivity index (χ1v) is 10.7. The summed E-state index contributed by atoms with van der Waals surface area (Å²) in [6, 6.07) is 12.6. The van der Waals surface area contributed by atoms with Gasteiger partial charge in [0.1, 0.15) is 17.3 Å². The van der Waals surface area contributed by atoms with E-state index in [0.717, 1.165) is 68.2 Å². The van der Waals surface area contributed by atoms with E-state index in [0.29, 0.717) is 0 Å². The molecule has 31 heavy (non-hydrogen) atoms. The van der Waals surface area contributed by atoms with Gasteiger partial charge >= 0.3 is 0 Å². The molecular weight excluding hydrogens is 390 g/mol. The summed E-state index contributed by atoms with van der Waals surface area (Å²) in [6.45, 7) is 5.27. The highest BCUT2D eigenvalue weighted by atomic mass is 16.5. The van der Waals surface area contributed by atoms with E-state index in [1.807, 2.05) is 19.1 Å². The number of benzene rings is 2. The summed E-state index contributed by atoms with van der Waals surface area (Å²) >= 11 is 0. The Kier molecular flexibility index (Phi) is 5.10. The average molecular weight is 418 g/mol. The summed E-state index contributed by atoms with van der Waals surface area (Å²) in [5, 5.41) is 0. The van der Waals surface area contributed by atoms with Crippen LogP contribution in [0.25, 0.3) is 0 Å². The summed E-state index contributed by atoms with van der Waals surface area (Å²) in [4.78, 5) is 18.7. The van der Waals surface area contributed by atoms with Gasteiger partial charge in [-0.15, -0.1) is 0 Å². The highest BCUT2D eigenvalue weighted by Crippen LogP contribution is 2.29. The minimum Gasteiger partial charge on any atom is -0.497 e. The molecule has 0 radical (unpaired) electrons. The van der Waals surface area contributed by atoms with Gasteiger partial charge in [-0.1, -0.05) is 12.1 Å². The molecule has 0 amide bonds. The standard InChI is InChI=1S/C24H27N5O2/c1-16-25-23(28-10-8-17-4-6-21(30-2)12-19(17)14-28)27-24(26-16)29-11-9-18-5-7-22(31-3)13-20(18)15-29/h4-7,12-13H,8-11,14-15H2,1-3H3. The molecule has 0 atom stereocenters. The van der Waals surface area contributed by atoms with Crippen molar-refractivity contribution in [2.24, 2.45) is 0 Å². The number of hydrogen-bond donors (Lipinski definition) is 0. The van der Waals surface area contributed by atoms with Gasteiger partial charge in [-0.25, -0.2) is 0 Å². The molecule has 160 valence electrons. The SMILES string of the molecule is COc1ccc2c(c1)CN(c1nc(C)nc(N3CCc4ccc(OC)cc4C3)n1)CC2. The predicted molar refractivity (Wildman–Crippen MR) is 120 cm³/mol. The number of anilines is 2. The number of hydrogen-bond acceptors (Lipinski definition) is 7. The predicted octanol–water partition coefficient (Wildman–Crippen LogP) is 3.32. The van der Waals surface area contributed by atoms with E-state index in [4.69, 9.17) is 14.5 Å². The molecule has 0 spiro atoms. The molecule has 0 bridgehead atoms. The molecule has 0 fully saturated rings. The normalized spacial score (nSPS) is 15.3. The fourth-order valence-electron chi connectivity index (χ4n) is 4.40. The summed E-state index contributed by atoms with van der Waals surface area (Å²) in [7, 11) is 3.41. The van der Waals surface area contributed by atoms with Crippen molar-refractivity contribution in [1.29, 1.82) is 0 Å². The van der Waals surface area contributed by atoms with Gasteiger partial charge in [0, 0.05) is 26.2 Å². The number of methoxy groups -OCH3 is 2. The van der Waals surface area contributed by atoms with Crippen LogP contribution in [0.5, 0.6) is 11.5 Å². The molecular formula is C24H27N5O2. The van der Waals surface area contributed by atoms with Crippen LogP contribution in [0.4, 0.5) is 11.9 Å². The van der Waals surface area contributed by atoms with E-state index in [9.17, 15) is 0 Å². The number of nitrogens with zero attached hydrogens (tertiary/aromatic N) is 5. The summed E-state index contributed by atoms with van der Waals surface area (Å²) < 4.78 is 10.8. The third-order valence-corrected chi connectivity index (χ3v) is 6.14. The second kappa shape index (κ2) is 8.06. The molecule has 2 aliphatic heterocycles. The number of fused-ring (bicyclic) bond motifs is 2. The van der Waals surface area contributed by atoms with Gasteiger partial charge in [0.2, 0.25) is 11.9 Å². The minimum absolute atomic E-state index is 0.743. The highest BCUT2D eigenvalue weighted by molar-refractivity contribution is 5.48. The largest absolute Gasteiger partial charge is 0.497 e. The van der Waals surface area contributed by atoms with Crippen molar-refractivity contribution in [3.05, 3.63) is 64.5 Å². The van der Waals surface area contributed by atoms with E-state index < -0.39 is 0 Å². The molecule has 0 saturated heterocycles. The fourth-order valence-corrected chi connectivity index (χ4v) is 4.40. The smallest absolute Gasteiger partial charge is 0.230 e. The average Bonchev–Trinajstić information content (AvgIpc) is 2.82. The van der Waals surface area contributed by atoms with Crippen LogP contribution in [0, 0.1) is 6.92 Å². The monoisotopic (exact) mass is 417 g/mol. The first-order valence-electron chi connectivity index (χ1n) is 10.7. The van der Waals surface area contributed by atoms with Gasteiger partial charge in [0.25, 0.3) is 0 Å². The van der Waals surface area contributed by atoms with Crippen LogP contribution in [-0.2, 0) is 25.9 Å². The van der Waals surface area contributed by atoms with Crippen molar-refractivity contribution in [2.45, 2.75) is 32.9 Å². The minimum atomic E-state index is 0.743. The van der Waals surface area contributed by atoms with Crippen molar-refractivity contribution >= 4 is 11.9 Å². The van der Waals surface area contributed by atoms with Gasteiger partial charge in [-0.05, 0) is 66.3 Å². The lowest BCUT2D eigenvalue weighted by molar-refractivity contribution is 0.413. The van der Waals surface area contributed by atoms with Gasteiger partial charge in [0.15, 0.2) is 0 Å². The molecule has 5 rings (SSSR count). The van der Waals surface area contributed by atoms with E-state index in [-0.39, 0.29) is 0 Å². The lowest BCUT2D eigenvalue weighted by Gasteiger charge is -2.32. The molecule has 0 aliphatic carbocycles. The van der Waals surface area contributed by atoms with Crippen LogP contribution in [0.2, 0.25) is 0 Å². The van der Waals surface area contributed by atoms with Crippen molar-refractivity contribution in [2.75, 3.05) is 37.1 Å². The summed E-state index contributed by atoms with van der Waals surface area (Å²) in [6.07, 6.45) is 1.94. The molecule has 2 aromatic carbocycles. The Balaban J connectivity index is 1.41. The van der Waals surface area contributed by atoms with E-state index in [2.05, 4.69) is 44.0 Å². The van der Waals surface area contributed by atoms with Crippen LogP contribution in [0.15, 0.2) is 36.4 Å². The molecule has 7 nitrogen and oxygen atoms in total. The lowest BCUT2D eigenvalue weighted by atomic mass is 9.99. The Morgan fingerprint density at radius 3 is 1.61 bits per heavy atom. The first-order chi connectivity index (χ1) is 15.1. The molecule has 3 heterocycles. The van der Waals surface area contributed by atoms with Gasteiger partial charge < -0.3 is 19.3 Å². The fraction of sp³-hybridized carbons (Fsp3) is 0.375. The zero-order chi connectivity index (χ0) is 21.4. The highest BCUT2D eigenvalue weighted by Gasteiger charge is 2.23. The van der Waals surface area contributed by atoms with E-state index in [1.165, 1.54) is 22.3 Å². The van der Waals surface area contributed by atoms with Crippen LogP contribution in [0.1, 0.15) is 28.1 Å². The van der Waals surface area contributed by atoms with Crippen molar-refractivity contribution in [3.8, 4) is 11.5 Å². The van der Waals surface area contributed by atoms with Crippen molar-refractivity contribution < 1.29 is 9.47 Å². The Morgan fingerprint density at radius 2 is 1.16 bits per heavy atom. The number of rotatable bonds is 4. The molecule has 3 aromatic rings. The van der Waals surface area contributed by atoms with Crippen LogP contribution in [0.3, 0.4) is 0 Å². The van der Waals surface area contributed by atoms with Crippen LogP contribution >= 0.6 is 0 Å². The second-order valence-electron chi connectivity index (χ2n) is 8.10. The summed E-state index contributed by atoms with van der Waals surface area (Å²) in [5.74, 6) is 4.00. The quantitative estimate of drug-likeness (QED) is 0.645.